The van der Waals surface area contributed by atoms with E-state index in [0.29, 0.717) is 40.6 Å². The molecule has 0 radical (unpaired) electrons. The van der Waals surface area contributed by atoms with Gasteiger partial charge in [0, 0.05) is 30.5 Å². The van der Waals surface area contributed by atoms with Crippen LogP contribution in [0.4, 0.5) is 0 Å². The molecule has 5 nitrogen and oxygen atoms in total. The average molecular weight is 419 g/mol. The van der Waals surface area contributed by atoms with Crippen molar-refractivity contribution < 1.29 is 9.15 Å². The Labute approximate surface area is 178 Å². The zero-order valence-electron chi connectivity index (χ0n) is 16.4. The quantitative estimate of drug-likeness (QED) is 0.459. The second-order valence-corrected chi connectivity index (χ2v) is 7.84. The smallest absolute Gasteiger partial charge is 0.200 e. The molecule has 0 N–H and O–H groups in total. The van der Waals surface area contributed by atoms with Crippen LogP contribution < -0.4 is 10.2 Å². The second kappa shape index (κ2) is 7.59. The number of aryl methyl sites for hydroxylation is 1. The van der Waals surface area contributed by atoms with Crippen LogP contribution in [0.1, 0.15) is 16.9 Å². The summed E-state index contributed by atoms with van der Waals surface area (Å²) in [5.74, 6) is 1.34. The third-order valence-corrected chi connectivity index (χ3v) is 5.62. The van der Waals surface area contributed by atoms with Crippen LogP contribution in [-0.2, 0) is 13.1 Å². The fourth-order valence-corrected chi connectivity index (χ4v) is 4.04. The van der Waals surface area contributed by atoms with E-state index in [4.69, 9.17) is 20.8 Å². The summed E-state index contributed by atoms with van der Waals surface area (Å²) in [5.41, 5.74) is 3.94. The largest absolute Gasteiger partial charge is 0.478 e. The Morgan fingerprint density at radius 1 is 1.07 bits per heavy atom. The van der Waals surface area contributed by atoms with E-state index in [0.717, 1.165) is 29.0 Å². The summed E-state index contributed by atoms with van der Waals surface area (Å²) >= 11 is 6.00. The van der Waals surface area contributed by atoms with Crippen molar-refractivity contribution in [2.45, 2.75) is 20.0 Å². The van der Waals surface area contributed by atoms with E-state index in [1.807, 2.05) is 37.3 Å². The number of benzene rings is 2. The van der Waals surface area contributed by atoms with Gasteiger partial charge in [-0.1, -0.05) is 23.7 Å². The number of hydrogen-bond donors (Lipinski definition) is 0. The fraction of sp³-hybridized carbons (Fsp3) is 0.167. The minimum absolute atomic E-state index is 0.0508. The van der Waals surface area contributed by atoms with Crippen LogP contribution in [0, 0.1) is 6.92 Å². The van der Waals surface area contributed by atoms with Crippen LogP contribution in [0.25, 0.3) is 22.1 Å². The zero-order valence-corrected chi connectivity index (χ0v) is 17.1. The Balaban J connectivity index is 1.58. The summed E-state index contributed by atoms with van der Waals surface area (Å²) in [6, 6.07) is 14.9. The highest BCUT2D eigenvalue weighted by Gasteiger charge is 2.24. The molecular weight excluding hydrogens is 400 g/mol. The number of fused-ring (bicyclic) bond motifs is 3. The van der Waals surface area contributed by atoms with Crippen LogP contribution in [0.2, 0.25) is 5.02 Å². The zero-order chi connectivity index (χ0) is 20.7. The first-order valence-corrected chi connectivity index (χ1v) is 10.1. The Hall–Kier alpha value is -3.15. The third-order valence-electron chi connectivity index (χ3n) is 5.37. The first-order chi connectivity index (χ1) is 14.6. The van der Waals surface area contributed by atoms with Gasteiger partial charge in [-0.2, -0.15) is 0 Å². The van der Waals surface area contributed by atoms with Crippen molar-refractivity contribution in [3.63, 3.8) is 0 Å². The molecule has 4 aromatic rings. The lowest BCUT2D eigenvalue weighted by molar-refractivity contribution is 0.0889. The van der Waals surface area contributed by atoms with Crippen molar-refractivity contribution in [1.29, 1.82) is 0 Å². The highest BCUT2D eigenvalue weighted by Crippen LogP contribution is 2.34. The second-order valence-electron chi connectivity index (χ2n) is 7.40. The predicted octanol–water partition coefficient (Wildman–Crippen LogP) is 5.17. The first kappa shape index (κ1) is 18.9. The van der Waals surface area contributed by atoms with Crippen molar-refractivity contribution in [3.8, 4) is 16.9 Å². The Bertz CT molecular complexity index is 1280. The molecule has 0 saturated heterocycles. The van der Waals surface area contributed by atoms with Gasteiger partial charge in [0.15, 0.2) is 0 Å². The number of nitrogens with zero attached hydrogens (tertiary/aromatic N) is 2. The molecule has 0 unspecified atom stereocenters. The molecule has 0 spiro atoms. The standard InChI is InChI=1S/C24H19ClN2O3/c1-15-22(17-2-4-18(25)5-3-17)23(28)19-6-7-21-20(24(19)30-15)13-27(14-29-21)12-16-8-10-26-11-9-16/h2-11H,12-14H2,1H3. The van der Waals surface area contributed by atoms with Gasteiger partial charge in [0.1, 0.15) is 23.8 Å². The molecule has 1 aliphatic heterocycles. The normalized spacial score (nSPS) is 13.8. The number of halogens is 1. The van der Waals surface area contributed by atoms with E-state index < -0.39 is 0 Å². The SMILES string of the molecule is Cc1oc2c3c(ccc2c(=O)c1-c1ccc(Cl)cc1)OCN(Cc1ccncc1)C3. The lowest BCUT2D eigenvalue weighted by Gasteiger charge is -2.29. The van der Waals surface area contributed by atoms with Crippen LogP contribution in [0.15, 0.2) is 70.1 Å². The molecular formula is C24H19ClN2O3. The minimum atomic E-state index is -0.0508. The summed E-state index contributed by atoms with van der Waals surface area (Å²) in [5, 5.41) is 1.18. The van der Waals surface area contributed by atoms with Gasteiger partial charge in [0.25, 0.3) is 0 Å². The Morgan fingerprint density at radius 2 is 1.83 bits per heavy atom. The van der Waals surface area contributed by atoms with E-state index in [2.05, 4.69) is 9.88 Å². The van der Waals surface area contributed by atoms with Crippen LogP contribution in [0.5, 0.6) is 5.75 Å². The molecule has 1 aliphatic rings. The number of ether oxygens (including phenoxy) is 1. The average Bonchev–Trinajstić information content (AvgIpc) is 2.76. The molecule has 0 amide bonds. The number of rotatable bonds is 3. The van der Waals surface area contributed by atoms with Gasteiger partial charge in [0.2, 0.25) is 5.43 Å². The number of hydrogen-bond acceptors (Lipinski definition) is 5. The summed E-state index contributed by atoms with van der Waals surface area (Å²) in [4.78, 5) is 19.6. The van der Waals surface area contributed by atoms with Gasteiger partial charge in [-0.15, -0.1) is 0 Å². The topological polar surface area (TPSA) is 55.6 Å². The monoisotopic (exact) mass is 418 g/mol. The minimum Gasteiger partial charge on any atom is -0.478 e. The summed E-state index contributed by atoms with van der Waals surface area (Å²) < 4.78 is 12.2. The van der Waals surface area contributed by atoms with E-state index >= 15 is 0 Å². The third kappa shape index (κ3) is 3.36. The van der Waals surface area contributed by atoms with Crippen LogP contribution in [-0.4, -0.2) is 16.6 Å². The van der Waals surface area contributed by atoms with E-state index in [1.165, 1.54) is 0 Å². The lowest BCUT2D eigenvalue weighted by Crippen LogP contribution is -2.31. The Kier molecular flexibility index (Phi) is 4.77. The molecule has 0 fully saturated rings. The molecule has 6 heteroatoms. The lowest BCUT2D eigenvalue weighted by atomic mass is 10.0. The summed E-state index contributed by atoms with van der Waals surface area (Å²) in [7, 11) is 0. The Morgan fingerprint density at radius 3 is 2.60 bits per heavy atom. The van der Waals surface area contributed by atoms with Crippen molar-refractivity contribution >= 4 is 22.6 Å². The number of aromatic nitrogens is 1. The van der Waals surface area contributed by atoms with E-state index in [-0.39, 0.29) is 5.43 Å². The van der Waals surface area contributed by atoms with Gasteiger partial charge < -0.3 is 9.15 Å². The molecule has 3 heterocycles. The summed E-state index contributed by atoms with van der Waals surface area (Å²) in [6.45, 7) is 3.66. The highest BCUT2D eigenvalue weighted by molar-refractivity contribution is 6.30. The molecule has 2 aromatic heterocycles. The molecule has 0 aliphatic carbocycles. The van der Waals surface area contributed by atoms with E-state index in [9.17, 15) is 4.79 Å². The molecule has 0 atom stereocenters. The molecule has 0 saturated carbocycles. The van der Waals surface area contributed by atoms with Crippen molar-refractivity contribution in [1.82, 2.24) is 9.88 Å². The maximum absolute atomic E-state index is 13.3. The van der Waals surface area contributed by atoms with Gasteiger partial charge in [-0.3, -0.25) is 14.7 Å². The molecule has 5 rings (SSSR count). The summed E-state index contributed by atoms with van der Waals surface area (Å²) in [6.07, 6.45) is 3.56. The van der Waals surface area contributed by atoms with Gasteiger partial charge in [-0.05, 0) is 54.4 Å². The van der Waals surface area contributed by atoms with Crippen molar-refractivity contribution in [2.75, 3.05) is 6.73 Å². The molecule has 150 valence electrons. The van der Waals surface area contributed by atoms with Crippen molar-refractivity contribution in [3.05, 3.63) is 93.1 Å². The molecule has 0 bridgehead atoms. The van der Waals surface area contributed by atoms with Gasteiger partial charge in [-0.25, -0.2) is 0 Å². The predicted molar refractivity (Wildman–Crippen MR) is 117 cm³/mol. The highest BCUT2D eigenvalue weighted by atomic mass is 35.5. The van der Waals surface area contributed by atoms with Crippen molar-refractivity contribution in [2.24, 2.45) is 0 Å². The molecule has 2 aromatic carbocycles. The maximum Gasteiger partial charge on any atom is 0.200 e. The fourth-order valence-electron chi connectivity index (χ4n) is 3.92. The number of pyridine rings is 1. The van der Waals surface area contributed by atoms with Crippen LogP contribution in [0.3, 0.4) is 0 Å². The van der Waals surface area contributed by atoms with E-state index in [1.54, 1.807) is 30.6 Å². The van der Waals surface area contributed by atoms with Crippen LogP contribution >= 0.6 is 11.6 Å². The van der Waals surface area contributed by atoms with Gasteiger partial charge in [0.05, 0.1) is 16.5 Å². The molecule has 30 heavy (non-hydrogen) atoms. The maximum atomic E-state index is 13.3. The first-order valence-electron chi connectivity index (χ1n) is 9.69. The van der Waals surface area contributed by atoms with Gasteiger partial charge >= 0.3 is 0 Å².